The third kappa shape index (κ3) is 7.27. The molecule has 2 unspecified atom stereocenters. The number of aliphatic hydroxyl groups excluding tert-OH is 1. The van der Waals surface area contributed by atoms with Crippen LogP contribution in [0.2, 0.25) is 0 Å². The zero-order valence-electron chi connectivity index (χ0n) is 10.2. The topological polar surface area (TPSA) is 129 Å². The Labute approximate surface area is 108 Å². The van der Waals surface area contributed by atoms with Crippen molar-refractivity contribution in [2.75, 3.05) is 0 Å². The van der Waals surface area contributed by atoms with E-state index in [9.17, 15) is 16.8 Å². The Kier molecular flexibility index (Phi) is 7.30. The van der Waals surface area contributed by atoms with E-state index >= 15 is 0 Å². The monoisotopic (exact) mass is 304 g/mol. The van der Waals surface area contributed by atoms with Crippen molar-refractivity contribution < 1.29 is 31.0 Å². The van der Waals surface area contributed by atoms with Crippen molar-refractivity contribution in [2.45, 2.75) is 56.1 Å². The quantitative estimate of drug-likeness (QED) is 0.424. The highest BCUT2D eigenvalue weighted by molar-refractivity contribution is 7.87. The van der Waals surface area contributed by atoms with Gasteiger partial charge in [-0.05, 0) is 6.42 Å². The summed E-state index contributed by atoms with van der Waals surface area (Å²) in [6.45, 7) is 1.97. The first-order valence-electron chi connectivity index (χ1n) is 5.69. The number of hydrogen-bond acceptors (Lipinski definition) is 5. The zero-order chi connectivity index (χ0) is 14.4. The maximum atomic E-state index is 11.0. The normalized spacial score (nSPS) is 16.4. The molecule has 0 bridgehead atoms. The van der Waals surface area contributed by atoms with Crippen LogP contribution in [0, 0.1) is 0 Å². The van der Waals surface area contributed by atoms with Crippen molar-refractivity contribution in [1.29, 1.82) is 0 Å². The van der Waals surface area contributed by atoms with Gasteiger partial charge in [0.25, 0.3) is 20.2 Å². The molecule has 0 aromatic carbocycles. The summed E-state index contributed by atoms with van der Waals surface area (Å²) in [4.78, 5) is 0. The van der Waals surface area contributed by atoms with E-state index in [1.54, 1.807) is 0 Å². The van der Waals surface area contributed by atoms with Crippen LogP contribution in [0.5, 0.6) is 0 Å². The number of aliphatic hydroxyl groups is 1. The second kappa shape index (κ2) is 7.39. The van der Waals surface area contributed by atoms with Crippen LogP contribution in [0.3, 0.4) is 0 Å². The highest BCUT2D eigenvalue weighted by Gasteiger charge is 2.30. The molecule has 0 saturated carbocycles. The molecule has 2 atom stereocenters. The van der Waals surface area contributed by atoms with E-state index in [0.717, 1.165) is 19.3 Å². The molecular formula is C9H20O7S2. The number of hydrogen-bond donors (Lipinski definition) is 3. The number of rotatable bonds is 9. The van der Waals surface area contributed by atoms with Crippen LogP contribution in [0.25, 0.3) is 0 Å². The Balaban J connectivity index is 4.53. The van der Waals surface area contributed by atoms with E-state index in [4.69, 9.17) is 14.2 Å². The summed E-state index contributed by atoms with van der Waals surface area (Å²) in [6.07, 6.45) is 2.42. The van der Waals surface area contributed by atoms with Gasteiger partial charge in [0.2, 0.25) is 0 Å². The first-order valence-corrected chi connectivity index (χ1v) is 8.70. The predicted molar refractivity (Wildman–Crippen MR) is 66.3 cm³/mol. The molecular weight excluding hydrogens is 284 g/mol. The Bertz CT molecular complexity index is 426. The molecule has 9 heteroatoms. The van der Waals surface area contributed by atoms with E-state index in [2.05, 4.69) is 0 Å². The van der Waals surface area contributed by atoms with Gasteiger partial charge in [0.05, 0.1) is 5.25 Å². The second-order valence-electron chi connectivity index (χ2n) is 4.19. The molecule has 0 rings (SSSR count). The first-order chi connectivity index (χ1) is 8.09. The molecule has 0 saturated heterocycles. The van der Waals surface area contributed by atoms with Gasteiger partial charge >= 0.3 is 0 Å². The van der Waals surface area contributed by atoms with Crippen LogP contribution in [-0.4, -0.2) is 41.7 Å². The largest absolute Gasteiger partial charge is 0.375 e. The molecule has 0 heterocycles. The Morgan fingerprint density at radius 1 is 0.944 bits per heavy atom. The molecule has 0 radical (unpaired) electrons. The van der Waals surface area contributed by atoms with E-state index in [1.165, 1.54) is 0 Å². The molecule has 3 N–H and O–H groups in total. The molecule has 0 spiro atoms. The lowest BCUT2D eigenvalue weighted by Crippen LogP contribution is -2.30. The fraction of sp³-hybridized carbons (Fsp3) is 1.00. The van der Waals surface area contributed by atoms with Crippen molar-refractivity contribution in [2.24, 2.45) is 0 Å². The number of unbranched alkanes of at least 4 members (excludes halogenated alkanes) is 3. The summed E-state index contributed by atoms with van der Waals surface area (Å²) in [5.74, 6) is 0. The van der Waals surface area contributed by atoms with E-state index < -0.39 is 37.3 Å². The summed E-state index contributed by atoms with van der Waals surface area (Å²) < 4.78 is 60.7. The molecule has 0 aliphatic rings. The average molecular weight is 304 g/mol. The van der Waals surface area contributed by atoms with Crippen LogP contribution < -0.4 is 0 Å². The van der Waals surface area contributed by atoms with Gasteiger partial charge in [-0.3, -0.25) is 9.11 Å². The van der Waals surface area contributed by atoms with Crippen molar-refractivity contribution in [3.8, 4) is 0 Å². The van der Waals surface area contributed by atoms with Gasteiger partial charge in [0, 0.05) is 6.42 Å². The van der Waals surface area contributed by atoms with Crippen LogP contribution in [0.1, 0.15) is 45.4 Å². The summed E-state index contributed by atoms with van der Waals surface area (Å²) in [5.41, 5.74) is -2.20. The van der Waals surface area contributed by atoms with E-state index in [-0.39, 0.29) is 6.42 Å². The zero-order valence-corrected chi connectivity index (χ0v) is 11.8. The standard InChI is InChI=1S/C9H20O7S2/c1-2-3-4-5-6-8(17(11,12)13)7-9(10)18(14,15)16/h8-10H,2-7H2,1H3,(H,11,12,13)(H,14,15,16). The highest BCUT2D eigenvalue weighted by atomic mass is 32.2. The minimum Gasteiger partial charge on any atom is -0.375 e. The van der Waals surface area contributed by atoms with Gasteiger partial charge in [-0.25, -0.2) is 0 Å². The molecule has 0 aromatic rings. The summed E-state index contributed by atoms with van der Waals surface area (Å²) in [5, 5.41) is 7.73. The predicted octanol–water partition coefficient (Wildman–Crippen LogP) is 0.810. The Hall–Kier alpha value is -0.220. The molecule has 0 aromatic heterocycles. The SMILES string of the molecule is CCCCCCC(CC(O)S(=O)(=O)O)S(=O)(=O)O. The fourth-order valence-corrected chi connectivity index (χ4v) is 3.02. The van der Waals surface area contributed by atoms with Crippen LogP contribution >= 0.6 is 0 Å². The minimum absolute atomic E-state index is 0.0470. The van der Waals surface area contributed by atoms with Gasteiger partial charge in [0.15, 0.2) is 5.44 Å². The van der Waals surface area contributed by atoms with Crippen molar-refractivity contribution >= 4 is 20.2 Å². The summed E-state index contributed by atoms with van der Waals surface area (Å²) in [7, 11) is -9.16. The van der Waals surface area contributed by atoms with Crippen LogP contribution in [-0.2, 0) is 20.2 Å². The molecule has 0 aliphatic carbocycles. The average Bonchev–Trinajstić information content (AvgIpc) is 2.19. The smallest absolute Gasteiger partial charge is 0.292 e. The van der Waals surface area contributed by atoms with Gasteiger partial charge in [-0.1, -0.05) is 32.6 Å². The van der Waals surface area contributed by atoms with Gasteiger partial charge in [0.1, 0.15) is 0 Å². The second-order valence-corrected chi connectivity index (χ2v) is 7.46. The van der Waals surface area contributed by atoms with Gasteiger partial charge < -0.3 is 5.11 Å². The minimum atomic E-state index is -4.71. The van der Waals surface area contributed by atoms with Crippen molar-refractivity contribution in [3.63, 3.8) is 0 Å². The van der Waals surface area contributed by atoms with Gasteiger partial charge in [-0.2, -0.15) is 16.8 Å². The van der Waals surface area contributed by atoms with E-state index in [1.807, 2.05) is 6.92 Å². The van der Waals surface area contributed by atoms with Crippen molar-refractivity contribution in [3.05, 3.63) is 0 Å². The van der Waals surface area contributed by atoms with Crippen LogP contribution in [0.4, 0.5) is 0 Å². The molecule has 0 aliphatic heterocycles. The first kappa shape index (κ1) is 17.8. The van der Waals surface area contributed by atoms with Crippen LogP contribution in [0.15, 0.2) is 0 Å². The van der Waals surface area contributed by atoms with Crippen molar-refractivity contribution in [1.82, 2.24) is 0 Å². The lowest BCUT2D eigenvalue weighted by atomic mass is 10.1. The van der Waals surface area contributed by atoms with Gasteiger partial charge in [-0.15, -0.1) is 0 Å². The van der Waals surface area contributed by atoms with E-state index in [0.29, 0.717) is 6.42 Å². The molecule has 18 heavy (non-hydrogen) atoms. The maximum absolute atomic E-state index is 11.0. The summed E-state index contributed by atoms with van der Waals surface area (Å²) >= 11 is 0. The third-order valence-electron chi connectivity index (χ3n) is 2.61. The Morgan fingerprint density at radius 2 is 1.50 bits per heavy atom. The fourth-order valence-electron chi connectivity index (χ4n) is 1.53. The lowest BCUT2D eigenvalue weighted by Gasteiger charge is -2.16. The lowest BCUT2D eigenvalue weighted by molar-refractivity contribution is 0.218. The molecule has 110 valence electrons. The molecule has 0 fully saturated rings. The highest BCUT2D eigenvalue weighted by Crippen LogP contribution is 2.18. The maximum Gasteiger partial charge on any atom is 0.292 e. The molecule has 7 nitrogen and oxygen atoms in total. The third-order valence-corrected chi connectivity index (χ3v) is 4.76. The Morgan fingerprint density at radius 3 is 1.89 bits per heavy atom. The summed E-state index contributed by atoms with van der Waals surface area (Å²) in [6, 6.07) is 0. The molecule has 0 amide bonds.